The number of thiophene rings is 1. The van der Waals surface area contributed by atoms with Crippen molar-refractivity contribution in [2.75, 3.05) is 0 Å². The van der Waals surface area contributed by atoms with Crippen molar-refractivity contribution >= 4 is 11.3 Å². The Balaban J connectivity index is 1.30. The molecule has 0 radical (unpaired) electrons. The van der Waals surface area contributed by atoms with Crippen molar-refractivity contribution in [3.8, 4) is 49.8 Å². The van der Waals surface area contributed by atoms with Gasteiger partial charge in [-0.1, -0.05) is 12.1 Å². The summed E-state index contributed by atoms with van der Waals surface area (Å²) >= 11 is 1.69. The number of benzene rings is 3. The summed E-state index contributed by atoms with van der Waals surface area (Å²) in [6.45, 7) is 4.67. The Hall–Kier alpha value is -3.62. The van der Waals surface area contributed by atoms with E-state index in [1.807, 2.05) is 16.0 Å². The standard InChI is InChI=1S/C34H29IN4S/c1-3-34(4-2)35-33-29(31-17-11-12-18-38(31)34)22-32(40-33)39-23-30(36-37-39)28-20-26(24-13-7-5-8-14-24)19-27(21-28)25-15-9-6-10-16-25/h5-23H,3-4H2,1-2H3. The van der Waals surface area contributed by atoms with Gasteiger partial charge in [0.25, 0.3) is 0 Å². The summed E-state index contributed by atoms with van der Waals surface area (Å²) in [6.07, 6.45) is 6.67. The Morgan fingerprint density at radius 1 is 0.750 bits per heavy atom. The number of rotatable bonds is 6. The van der Waals surface area contributed by atoms with Crippen molar-refractivity contribution < 1.29 is 25.8 Å². The van der Waals surface area contributed by atoms with Crippen molar-refractivity contribution in [1.82, 2.24) is 15.0 Å². The predicted octanol–water partition coefficient (Wildman–Crippen LogP) is 5.03. The van der Waals surface area contributed by atoms with E-state index in [9.17, 15) is 0 Å². The van der Waals surface area contributed by atoms with Gasteiger partial charge in [0.1, 0.15) is 0 Å². The molecule has 0 atom stereocenters. The Morgan fingerprint density at radius 3 is 2.02 bits per heavy atom. The molecule has 0 saturated heterocycles. The second kappa shape index (κ2) is 10.4. The SMILES string of the molecule is CCC1(CC)[I-]c2sc(-n3cc(-c4cc(-c5ccccc5)cc(-c5ccccc5)c4)nn3)cc2-c2cccc[n+]21. The Bertz CT molecular complexity index is 1750. The number of aromatic nitrogens is 4. The van der Waals surface area contributed by atoms with Crippen molar-refractivity contribution in [2.45, 2.75) is 30.2 Å². The van der Waals surface area contributed by atoms with Gasteiger partial charge in [0.15, 0.2) is 0 Å². The maximum absolute atomic E-state index is 4.67. The number of pyridine rings is 1. The summed E-state index contributed by atoms with van der Waals surface area (Å²) in [5.74, 6) is 0. The second-order valence-electron chi connectivity index (χ2n) is 10.0. The van der Waals surface area contributed by atoms with Crippen LogP contribution in [0.15, 0.2) is 116 Å². The van der Waals surface area contributed by atoms with Crippen LogP contribution in [0.2, 0.25) is 0 Å². The zero-order chi connectivity index (χ0) is 27.1. The van der Waals surface area contributed by atoms with E-state index in [1.165, 1.54) is 36.4 Å². The van der Waals surface area contributed by atoms with Crippen LogP contribution in [-0.2, 0) is 3.55 Å². The average molecular weight is 653 g/mol. The van der Waals surface area contributed by atoms with Gasteiger partial charge in [-0.05, 0) is 0 Å². The molecule has 0 unspecified atom stereocenters. The van der Waals surface area contributed by atoms with Gasteiger partial charge in [0.05, 0.1) is 0 Å². The average Bonchev–Trinajstić information content (AvgIpc) is 3.69. The minimum atomic E-state index is -0.197. The van der Waals surface area contributed by atoms with Crippen molar-refractivity contribution in [2.24, 2.45) is 0 Å². The number of alkyl halides is 1. The van der Waals surface area contributed by atoms with E-state index in [4.69, 9.17) is 0 Å². The molecule has 7 rings (SSSR count). The fourth-order valence-corrected chi connectivity index (χ4v) is 11.4. The van der Waals surface area contributed by atoms with E-state index in [2.05, 4.69) is 144 Å². The number of fused-ring (bicyclic) bond motifs is 3. The molecule has 198 valence electrons. The van der Waals surface area contributed by atoms with E-state index >= 15 is 0 Å². The van der Waals surface area contributed by atoms with Crippen molar-refractivity contribution in [1.29, 1.82) is 0 Å². The fourth-order valence-electron chi connectivity index (χ4n) is 5.53. The van der Waals surface area contributed by atoms with Gasteiger partial charge in [-0.25, -0.2) is 0 Å². The predicted molar refractivity (Wildman–Crippen MR) is 158 cm³/mol. The molecule has 0 bridgehead atoms. The zero-order valence-corrected chi connectivity index (χ0v) is 25.4. The van der Waals surface area contributed by atoms with Crippen LogP contribution in [0.3, 0.4) is 0 Å². The van der Waals surface area contributed by atoms with E-state index in [0.29, 0.717) is 0 Å². The van der Waals surface area contributed by atoms with Crippen LogP contribution in [0.25, 0.3) is 49.8 Å². The molecule has 4 heterocycles. The summed E-state index contributed by atoms with van der Waals surface area (Å²) < 4.78 is 6.28. The molecule has 3 aromatic heterocycles. The van der Waals surface area contributed by atoms with Crippen LogP contribution in [0.5, 0.6) is 0 Å². The van der Waals surface area contributed by atoms with Crippen LogP contribution < -0.4 is 25.8 Å². The monoisotopic (exact) mass is 652 g/mol. The first-order valence-electron chi connectivity index (χ1n) is 13.7. The number of hydrogen-bond acceptors (Lipinski definition) is 3. The molecule has 0 spiro atoms. The molecule has 1 aliphatic rings. The van der Waals surface area contributed by atoms with E-state index in [1.54, 1.807) is 0 Å². The Kier molecular flexibility index (Phi) is 6.60. The van der Waals surface area contributed by atoms with E-state index in [0.717, 1.165) is 29.1 Å². The third-order valence-electron chi connectivity index (χ3n) is 7.75. The van der Waals surface area contributed by atoms with Gasteiger partial charge in [-0.2, -0.15) is 0 Å². The van der Waals surface area contributed by atoms with E-state index < -0.39 is 0 Å². The topological polar surface area (TPSA) is 34.6 Å². The summed E-state index contributed by atoms with van der Waals surface area (Å²) in [4.78, 5) is 0. The molecule has 1 aliphatic heterocycles. The summed E-state index contributed by atoms with van der Waals surface area (Å²) in [5, 5.41) is 10.4. The van der Waals surface area contributed by atoms with Gasteiger partial charge in [-0.3, -0.25) is 0 Å². The number of hydrogen-bond donors (Lipinski definition) is 0. The molecular formula is C34H29IN4S. The van der Waals surface area contributed by atoms with Gasteiger partial charge in [0, 0.05) is 0 Å². The zero-order valence-electron chi connectivity index (χ0n) is 22.5. The van der Waals surface area contributed by atoms with Crippen molar-refractivity contribution in [3.63, 3.8) is 0 Å². The number of nitrogens with zero attached hydrogens (tertiary/aromatic N) is 4. The molecule has 6 aromatic rings. The first-order valence-corrected chi connectivity index (χ1v) is 16.7. The summed E-state index contributed by atoms with van der Waals surface area (Å²) in [7, 11) is 0. The molecule has 0 saturated carbocycles. The molecule has 3 aromatic carbocycles. The minimum absolute atomic E-state index is 0.197. The van der Waals surface area contributed by atoms with Crippen molar-refractivity contribution in [3.05, 3.63) is 118 Å². The Labute approximate surface area is 249 Å². The molecule has 6 heteroatoms. The normalized spacial score (nSPS) is 13.8. The first kappa shape index (κ1) is 25.4. The molecule has 0 N–H and O–H groups in total. The third kappa shape index (κ3) is 4.39. The quantitative estimate of drug-likeness (QED) is 0.144. The molecule has 40 heavy (non-hydrogen) atoms. The van der Waals surface area contributed by atoms with Crippen LogP contribution in [-0.4, -0.2) is 15.0 Å². The maximum atomic E-state index is 4.67. The fraction of sp³-hybridized carbons (Fsp3) is 0.147. The molecular weight excluding hydrogens is 623 g/mol. The second-order valence-corrected chi connectivity index (χ2v) is 15.4. The summed E-state index contributed by atoms with van der Waals surface area (Å²) in [6, 6.07) is 36.7. The molecule has 0 amide bonds. The first-order chi connectivity index (χ1) is 19.7. The van der Waals surface area contributed by atoms with Gasteiger partial charge >= 0.3 is 238 Å². The Morgan fingerprint density at radius 2 is 1.38 bits per heavy atom. The molecule has 0 fully saturated rings. The molecule has 4 nitrogen and oxygen atoms in total. The van der Waals surface area contributed by atoms with Crippen LogP contribution >= 0.6 is 11.3 Å². The van der Waals surface area contributed by atoms with Crippen LogP contribution in [0.4, 0.5) is 0 Å². The van der Waals surface area contributed by atoms with Gasteiger partial charge in [0.2, 0.25) is 0 Å². The van der Waals surface area contributed by atoms with E-state index in [-0.39, 0.29) is 24.8 Å². The number of halogens is 1. The van der Waals surface area contributed by atoms with Crippen LogP contribution in [0, 0.1) is 2.88 Å². The summed E-state index contributed by atoms with van der Waals surface area (Å²) in [5.41, 5.74) is 9.35. The van der Waals surface area contributed by atoms with Crippen LogP contribution in [0.1, 0.15) is 26.7 Å². The van der Waals surface area contributed by atoms with Gasteiger partial charge < -0.3 is 0 Å². The van der Waals surface area contributed by atoms with Gasteiger partial charge in [-0.15, -0.1) is 0 Å². The molecule has 0 aliphatic carbocycles. The third-order valence-corrected chi connectivity index (χ3v) is 14.0.